The summed E-state index contributed by atoms with van der Waals surface area (Å²) in [5.41, 5.74) is 0.781. The van der Waals surface area contributed by atoms with Crippen LogP contribution >= 0.6 is 0 Å². The summed E-state index contributed by atoms with van der Waals surface area (Å²) in [5.74, 6) is -4.94. The van der Waals surface area contributed by atoms with Gasteiger partial charge in [-0.15, -0.1) is 0 Å². The highest BCUT2D eigenvalue weighted by atomic mass is 19.1. The summed E-state index contributed by atoms with van der Waals surface area (Å²) >= 11 is 0. The maximum absolute atomic E-state index is 14.5. The highest BCUT2D eigenvalue weighted by Crippen LogP contribution is 2.21. The van der Waals surface area contributed by atoms with Crippen molar-refractivity contribution >= 4 is 23.2 Å². The maximum atomic E-state index is 14.5. The zero-order valence-corrected chi connectivity index (χ0v) is 25.8. The van der Waals surface area contributed by atoms with Gasteiger partial charge < -0.3 is 18.9 Å². The lowest BCUT2D eigenvalue weighted by Crippen LogP contribution is -2.51. The van der Waals surface area contributed by atoms with Crippen LogP contribution in [0.4, 0.5) is 18.9 Å². The number of nitrogens with zero attached hydrogens (tertiary/aromatic N) is 4. The first kappa shape index (κ1) is 32.2. The van der Waals surface area contributed by atoms with Gasteiger partial charge in [0, 0.05) is 73.7 Å². The summed E-state index contributed by atoms with van der Waals surface area (Å²) in [7, 11) is 0. The largest absolute Gasteiger partial charge is 0.368 e. The minimum absolute atomic E-state index is 0.148. The minimum Gasteiger partial charge on any atom is -0.368 e. The average molecular weight is 653 g/mol. The summed E-state index contributed by atoms with van der Waals surface area (Å²) in [6.07, 6.45) is 4.02. The van der Waals surface area contributed by atoms with Crippen molar-refractivity contribution < 1.29 is 27.6 Å². The Balaban J connectivity index is 1.16. The van der Waals surface area contributed by atoms with Crippen molar-refractivity contribution in [1.29, 1.82) is 0 Å². The first-order valence-corrected chi connectivity index (χ1v) is 15.4. The molecule has 0 saturated carbocycles. The van der Waals surface area contributed by atoms with E-state index in [0.29, 0.717) is 13.1 Å². The quantitative estimate of drug-likeness (QED) is 0.118. The van der Waals surface area contributed by atoms with Crippen molar-refractivity contribution in [1.82, 2.24) is 14.0 Å². The van der Waals surface area contributed by atoms with Crippen LogP contribution in [0.2, 0.25) is 0 Å². The Labute approximate surface area is 274 Å². The van der Waals surface area contributed by atoms with E-state index >= 15 is 0 Å². The number of anilines is 1. The smallest absolute Gasteiger partial charge is 0.290 e. The fourth-order valence-electron chi connectivity index (χ4n) is 5.83. The average Bonchev–Trinajstić information content (AvgIpc) is 3.64. The van der Waals surface area contributed by atoms with Gasteiger partial charge in [-0.2, -0.15) is 0 Å². The molecule has 0 unspecified atom stereocenters. The van der Waals surface area contributed by atoms with E-state index in [9.17, 15) is 32.3 Å². The Kier molecular flexibility index (Phi) is 9.38. The third-order valence-electron chi connectivity index (χ3n) is 8.43. The highest BCUT2D eigenvalue weighted by Gasteiger charge is 2.29. The summed E-state index contributed by atoms with van der Waals surface area (Å²) < 4.78 is 46.5. The molecule has 8 nitrogen and oxygen atoms in total. The lowest BCUT2D eigenvalue weighted by atomic mass is 10.0. The molecule has 48 heavy (non-hydrogen) atoms. The number of amides is 1. The normalized spacial score (nSPS) is 13.1. The van der Waals surface area contributed by atoms with E-state index < -0.39 is 52.5 Å². The standard InChI is InChI=1S/C37H31F3N4O4/c38-31-7-2-1-6-26(31)24-44-23-25(20-29-32(39)8-5-9-33(29)40)21-30(36(44)47)34(45)22-35(46)37(48)43-18-16-42(17-19-43)28-12-10-27(11-13-28)41-14-3-4-15-41/h1-15,21,23H,16-20,22,24H2. The third-order valence-corrected chi connectivity index (χ3v) is 8.43. The van der Waals surface area contributed by atoms with E-state index in [2.05, 4.69) is 4.90 Å². The lowest BCUT2D eigenvalue weighted by molar-refractivity contribution is -0.144. The molecular weight excluding hydrogens is 621 g/mol. The predicted octanol–water partition coefficient (Wildman–Crippen LogP) is 5.19. The summed E-state index contributed by atoms with van der Waals surface area (Å²) in [4.78, 5) is 56.4. The van der Waals surface area contributed by atoms with Crippen molar-refractivity contribution in [2.45, 2.75) is 19.4 Å². The minimum atomic E-state index is -0.977. The van der Waals surface area contributed by atoms with Crippen molar-refractivity contribution in [3.63, 3.8) is 0 Å². The number of carbonyl (C=O) groups excluding carboxylic acids is 3. The Morgan fingerprint density at radius 1 is 0.708 bits per heavy atom. The Morgan fingerprint density at radius 2 is 1.33 bits per heavy atom. The van der Waals surface area contributed by atoms with Crippen LogP contribution in [-0.4, -0.2) is 57.7 Å². The number of hydrogen-bond donors (Lipinski definition) is 0. The molecule has 2 aromatic heterocycles. The van der Waals surface area contributed by atoms with Crippen molar-refractivity contribution in [3.8, 4) is 5.69 Å². The number of pyridine rings is 1. The fraction of sp³-hybridized carbons (Fsp3) is 0.189. The van der Waals surface area contributed by atoms with Crippen LogP contribution in [0.3, 0.4) is 0 Å². The molecule has 0 spiro atoms. The molecule has 244 valence electrons. The number of rotatable bonds is 10. The van der Waals surface area contributed by atoms with Gasteiger partial charge in [-0.1, -0.05) is 24.3 Å². The molecule has 1 amide bonds. The molecular formula is C37H31F3N4O4. The number of aromatic nitrogens is 2. The van der Waals surface area contributed by atoms with Gasteiger partial charge in [0.1, 0.15) is 17.5 Å². The van der Waals surface area contributed by atoms with E-state index in [-0.39, 0.29) is 42.7 Å². The molecule has 6 rings (SSSR count). The molecule has 0 N–H and O–H groups in total. The first-order chi connectivity index (χ1) is 23.2. The van der Waals surface area contributed by atoms with Crippen LogP contribution in [-0.2, 0) is 22.6 Å². The highest BCUT2D eigenvalue weighted by molar-refractivity contribution is 6.40. The van der Waals surface area contributed by atoms with E-state index in [1.54, 1.807) is 6.07 Å². The molecule has 5 aromatic rings. The lowest BCUT2D eigenvalue weighted by Gasteiger charge is -2.35. The fourth-order valence-corrected chi connectivity index (χ4v) is 5.83. The molecule has 1 fully saturated rings. The van der Waals surface area contributed by atoms with Gasteiger partial charge in [-0.05, 0) is 66.2 Å². The molecule has 3 heterocycles. The van der Waals surface area contributed by atoms with E-state index in [1.165, 1.54) is 41.4 Å². The third kappa shape index (κ3) is 7.00. The van der Waals surface area contributed by atoms with Crippen molar-refractivity contribution in [2.75, 3.05) is 31.1 Å². The second-order valence-corrected chi connectivity index (χ2v) is 11.6. The number of ketones is 2. The molecule has 3 aromatic carbocycles. The molecule has 11 heteroatoms. The van der Waals surface area contributed by atoms with Gasteiger partial charge in [0.05, 0.1) is 18.5 Å². The molecule has 1 aliphatic rings. The Bertz CT molecular complexity index is 2010. The molecule has 0 atom stereocenters. The number of hydrogen-bond acceptors (Lipinski definition) is 5. The molecule has 0 bridgehead atoms. The van der Waals surface area contributed by atoms with Crippen LogP contribution in [0.15, 0.2) is 108 Å². The van der Waals surface area contributed by atoms with Gasteiger partial charge >= 0.3 is 0 Å². The van der Waals surface area contributed by atoms with Crippen LogP contribution in [0.25, 0.3) is 5.69 Å². The molecule has 1 aliphatic heterocycles. The second kappa shape index (κ2) is 14.0. The van der Waals surface area contributed by atoms with Gasteiger partial charge in [0.25, 0.3) is 11.5 Å². The summed E-state index contributed by atoms with van der Waals surface area (Å²) in [5, 5.41) is 0. The number of halogens is 3. The van der Waals surface area contributed by atoms with E-state index in [0.717, 1.165) is 28.1 Å². The van der Waals surface area contributed by atoms with Crippen molar-refractivity contribution in [2.24, 2.45) is 0 Å². The second-order valence-electron chi connectivity index (χ2n) is 11.6. The van der Waals surface area contributed by atoms with Gasteiger partial charge in [-0.3, -0.25) is 19.2 Å². The topological polar surface area (TPSA) is 84.6 Å². The zero-order chi connectivity index (χ0) is 33.8. The van der Waals surface area contributed by atoms with Gasteiger partial charge in [0.15, 0.2) is 5.78 Å². The Hall–Kier alpha value is -5.71. The monoisotopic (exact) mass is 652 g/mol. The number of benzene rings is 3. The van der Waals surface area contributed by atoms with Crippen LogP contribution < -0.4 is 10.5 Å². The zero-order valence-electron chi connectivity index (χ0n) is 25.8. The molecule has 1 saturated heterocycles. The van der Waals surface area contributed by atoms with E-state index in [1.807, 2.05) is 53.4 Å². The summed E-state index contributed by atoms with van der Waals surface area (Å²) in [6, 6.07) is 22.2. The predicted molar refractivity (Wildman–Crippen MR) is 174 cm³/mol. The van der Waals surface area contributed by atoms with E-state index in [4.69, 9.17) is 0 Å². The SMILES string of the molecule is O=C(CC(=O)c1cc(Cc2c(F)cccc2F)cn(Cc2ccccc2F)c1=O)C(=O)N1CCN(c2ccc(-n3cccc3)cc2)CC1. The Morgan fingerprint density at radius 3 is 2.00 bits per heavy atom. The number of carbonyl (C=O) groups is 3. The van der Waals surface area contributed by atoms with Crippen molar-refractivity contribution in [3.05, 3.63) is 154 Å². The van der Waals surface area contributed by atoms with Gasteiger partial charge in [-0.25, -0.2) is 13.2 Å². The van der Waals surface area contributed by atoms with Gasteiger partial charge in [0.2, 0.25) is 5.78 Å². The van der Waals surface area contributed by atoms with Crippen LogP contribution in [0, 0.1) is 17.5 Å². The van der Waals surface area contributed by atoms with Crippen LogP contribution in [0.5, 0.6) is 0 Å². The molecule has 0 aliphatic carbocycles. The summed E-state index contributed by atoms with van der Waals surface area (Å²) in [6.45, 7) is 1.20. The number of piperazine rings is 1. The molecule has 0 radical (unpaired) electrons. The first-order valence-electron chi connectivity index (χ1n) is 15.4. The van der Waals surface area contributed by atoms with Crippen LogP contribution in [0.1, 0.15) is 33.5 Å². The maximum Gasteiger partial charge on any atom is 0.290 e. The number of Topliss-reactive ketones (excluding diaryl/α,β-unsaturated/α-hetero) is 2.